The lowest BCUT2D eigenvalue weighted by atomic mass is 9.70. The summed E-state index contributed by atoms with van der Waals surface area (Å²) in [5, 5.41) is 0. The van der Waals surface area contributed by atoms with Gasteiger partial charge in [0, 0.05) is 38.3 Å². The molecule has 0 radical (unpaired) electrons. The summed E-state index contributed by atoms with van der Waals surface area (Å²) in [5.74, 6) is 1.20. The van der Waals surface area contributed by atoms with Gasteiger partial charge < -0.3 is 19.1 Å². The van der Waals surface area contributed by atoms with Gasteiger partial charge in [0.1, 0.15) is 29.2 Å². The molecule has 192 valence electrons. The Morgan fingerprint density at radius 1 is 1.03 bits per heavy atom. The number of amides is 2. The predicted molar refractivity (Wildman–Crippen MR) is 138 cm³/mol. The standard InChI is InChI=1S/C29H31N3O5/c1-28(22-9-8-16-30-21-22)29(37-27(34)32(28)19-20-36-23-10-4-3-5-11-23)14-17-31(18-15-29)26(33)24-12-6-7-13-25(24)35-2/h3-13,16,21H,14-15,17-20H2,1-2H3. The number of carbonyl (C=O) groups is 2. The highest BCUT2D eigenvalue weighted by Gasteiger charge is 2.64. The van der Waals surface area contributed by atoms with E-state index in [1.165, 1.54) is 0 Å². The molecule has 1 spiro atoms. The van der Waals surface area contributed by atoms with Crippen molar-refractivity contribution >= 4 is 12.0 Å². The van der Waals surface area contributed by atoms with Gasteiger partial charge in [-0.15, -0.1) is 0 Å². The number of carbonyl (C=O) groups excluding carboxylic acids is 2. The number of hydrogen-bond acceptors (Lipinski definition) is 6. The van der Waals surface area contributed by atoms with Crippen LogP contribution in [0.3, 0.4) is 0 Å². The minimum absolute atomic E-state index is 0.0900. The molecule has 0 saturated carbocycles. The number of hydrogen-bond donors (Lipinski definition) is 0. The van der Waals surface area contributed by atoms with Crippen LogP contribution in [-0.2, 0) is 10.3 Å². The highest BCUT2D eigenvalue weighted by molar-refractivity contribution is 5.97. The van der Waals surface area contributed by atoms with Crippen molar-refractivity contribution < 1.29 is 23.8 Å². The molecule has 5 rings (SSSR count). The number of ether oxygens (including phenoxy) is 3. The van der Waals surface area contributed by atoms with Gasteiger partial charge in [-0.05, 0) is 42.8 Å². The van der Waals surface area contributed by atoms with Gasteiger partial charge in [0.25, 0.3) is 5.91 Å². The van der Waals surface area contributed by atoms with Crippen molar-refractivity contribution in [2.75, 3.05) is 33.4 Å². The Bertz CT molecular complexity index is 1240. The number of methoxy groups -OCH3 is 1. The SMILES string of the molecule is COc1ccccc1C(=O)N1CCC2(CC1)OC(=O)N(CCOc1ccccc1)C2(C)c1cccnc1. The Hall–Kier alpha value is -4.07. The largest absolute Gasteiger partial charge is 0.496 e. The Morgan fingerprint density at radius 3 is 2.46 bits per heavy atom. The molecule has 37 heavy (non-hydrogen) atoms. The van der Waals surface area contributed by atoms with Crippen molar-refractivity contribution in [3.05, 3.63) is 90.3 Å². The Kier molecular flexibility index (Phi) is 6.74. The Labute approximate surface area is 216 Å². The van der Waals surface area contributed by atoms with E-state index in [0.717, 1.165) is 11.3 Å². The Balaban J connectivity index is 1.38. The van der Waals surface area contributed by atoms with Gasteiger partial charge in [-0.25, -0.2) is 4.79 Å². The van der Waals surface area contributed by atoms with Gasteiger partial charge in [0.05, 0.1) is 19.2 Å². The highest BCUT2D eigenvalue weighted by atomic mass is 16.6. The summed E-state index contributed by atoms with van der Waals surface area (Å²) in [4.78, 5) is 34.6. The second kappa shape index (κ2) is 10.1. The molecule has 1 atom stereocenters. The third-order valence-corrected chi connectivity index (χ3v) is 7.68. The number of nitrogens with zero attached hydrogens (tertiary/aromatic N) is 3. The van der Waals surface area contributed by atoms with E-state index in [-0.39, 0.29) is 12.0 Å². The number of pyridine rings is 1. The fraction of sp³-hybridized carbons (Fsp3) is 0.345. The lowest BCUT2D eigenvalue weighted by molar-refractivity contribution is -0.0551. The molecule has 1 unspecified atom stereocenters. The molecule has 2 fully saturated rings. The second-order valence-corrected chi connectivity index (χ2v) is 9.48. The quantitative estimate of drug-likeness (QED) is 0.474. The molecule has 2 aliphatic rings. The molecule has 8 heteroatoms. The first-order chi connectivity index (χ1) is 18.0. The van der Waals surface area contributed by atoms with Crippen LogP contribution in [0, 0.1) is 0 Å². The minimum Gasteiger partial charge on any atom is -0.496 e. The van der Waals surface area contributed by atoms with E-state index in [4.69, 9.17) is 14.2 Å². The molecule has 3 aromatic rings. The third kappa shape index (κ3) is 4.37. The maximum absolute atomic E-state index is 13.3. The summed E-state index contributed by atoms with van der Waals surface area (Å²) in [6.07, 6.45) is 4.13. The van der Waals surface area contributed by atoms with Gasteiger partial charge in [0.15, 0.2) is 0 Å². The number of rotatable bonds is 7. The molecule has 0 bridgehead atoms. The monoisotopic (exact) mass is 501 g/mol. The van der Waals surface area contributed by atoms with Gasteiger partial charge in [-0.3, -0.25) is 14.7 Å². The second-order valence-electron chi connectivity index (χ2n) is 9.48. The normalized spacial score (nSPS) is 20.5. The van der Waals surface area contributed by atoms with Crippen LogP contribution in [0.4, 0.5) is 4.79 Å². The van der Waals surface area contributed by atoms with Gasteiger partial charge in [0.2, 0.25) is 0 Å². The smallest absolute Gasteiger partial charge is 0.411 e. The summed E-state index contributed by atoms with van der Waals surface area (Å²) >= 11 is 0. The summed E-state index contributed by atoms with van der Waals surface area (Å²) in [6, 6.07) is 20.6. The summed E-state index contributed by atoms with van der Waals surface area (Å²) in [5.41, 5.74) is -0.167. The fourth-order valence-electron chi connectivity index (χ4n) is 5.56. The zero-order valence-electron chi connectivity index (χ0n) is 21.1. The van der Waals surface area contributed by atoms with E-state index in [9.17, 15) is 9.59 Å². The molecule has 0 aliphatic carbocycles. The summed E-state index contributed by atoms with van der Waals surface area (Å²) < 4.78 is 17.5. The third-order valence-electron chi connectivity index (χ3n) is 7.68. The number of para-hydroxylation sites is 2. The highest BCUT2D eigenvalue weighted by Crippen LogP contribution is 2.52. The van der Waals surface area contributed by atoms with Crippen LogP contribution in [0.5, 0.6) is 11.5 Å². The average molecular weight is 502 g/mol. The van der Waals surface area contributed by atoms with Crippen molar-refractivity contribution in [2.45, 2.75) is 30.9 Å². The zero-order chi connectivity index (χ0) is 25.9. The fourth-order valence-corrected chi connectivity index (χ4v) is 5.56. The van der Waals surface area contributed by atoms with Gasteiger partial charge >= 0.3 is 6.09 Å². The molecule has 3 heterocycles. The molecular weight excluding hydrogens is 470 g/mol. The minimum atomic E-state index is -0.808. The number of piperidine rings is 1. The van der Waals surface area contributed by atoms with Crippen LogP contribution in [0.15, 0.2) is 79.1 Å². The first kappa shape index (κ1) is 24.6. The molecule has 1 aromatic heterocycles. The van der Waals surface area contributed by atoms with E-state index in [0.29, 0.717) is 50.4 Å². The van der Waals surface area contributed by atoms with E-state index in [2.05, 4.69) is 4.98 Å². The van der Waals surface area contributed by atoms with Crippen molar-refractivity contribution in [1.29, 1.82) is 0 Å². The molecule has 8 nitrogen and oxygen atoms in total. The van der Waals surface area contributed by atoms with E-state index < -0.39 is 11.1 Å². The van der Waals surface area contributed by atoms with E-state index in [1.54, 1.807) is 36.5 Å². The number of likely N-dealkylation sites (tertiary alicyclic amines) is 1. The lowest BCUT2D eigenvalue weighted by Crippen LogP contribution is -2.59. The van der Waals surface area contributed by atoms with Crippen LogP contribution in [0.25, 0.3) is 0 Å². The van der Waals surface area contributed by atoms with Crippen LogP contribution >= 0.6 is 0 Å². The maximum atomic E-state index is 13.3. The van der Waals surface area contributed by atoms with Crippen LogP contribution < -0.4 is 9.47 Å². The molecular formula is C29H31N3O5. The summed E-state index contributed by atoms with van der Waals surface area (Å²) in [7, 11) is 1.56. The molecule has 2 saturated heterocycles. The van der Waals surface area contributed by atoms with Crippen LogP contribution in [0.2, 0.25) is 0 Å². The molecule has 2 amide bonds. The van der Waals surface area contributed by atoms with E-state index >= 15 is 0 Å². The number of benzene rings is 2. The van der Waals surface area contributed by atoms with Crippen molar-refractivity contribution in [3.63, 3.8) is 0 Å². The zero-order valence-corrected chi connectivity index (χ0v) is 21.1. The topological polar surface area (TPSA) is 81.2 Å². The maximum Gasteiger partial charge on any atom is 0.411 e. The van der Waals surface area contributed by atoms with Crippen molar-refractivity contribution in [3.8, 4) is 11.5 Å². The number of aromatic nitrogens is 1. The lowest BCUT2D eigenvalue weighted by Gasteiger charge is -2.48. The van der Waals surface area contributed by atoms with Gasteiger partial charge in [-0.2, -0.15) is 0 Å². The predicted octanol–water partition coefficient (Wildman–Crippen LogP) is 4.51. The first-order valence-electron chi connectivity index (χ1n) is 12.5. The summed E-state index contributed by atoms with van der Waals surface area (Å²) in [6.45, 7) is 3.62. The molecule has 2 aromatic carbocycles. The van der Waals surface area contributed by atoms with Crippen molar-refractivity contribution in [2.24, 2.45) is 0 Å². The van der Waals surface area contributed by atoms with E-state index in [1.807, 2.05) is 66.4 Å². The van der Waals surface area contributed by atoms with Crippen LogP contribution in [0.1, 0.15) is 35.7 Å². The average Bonchev–Trinajstić information content (AvgIpc) is 3.15. The molecule has 2 aliphatic heterocycles. The van der Waals surface area contributed by atoms with Gasteiger partial charge in [-0.1, -0.05) is 36.4 Å². The van der Waals surface area contributed by atoms with Crippen molar-refractivity contribution in [1.82, 2.24) is 14.8 Å². The van der Waals surface area contributed by atoms with Crippen LogP contribution in [-0.4, -0.2) is 65.7 Å². The molecule has 0 N–H and O–H groups in total. The first-order valence-corrected chi connectivity index (χ1v) is 12.5. The Morgan fingerprint density at radius 2 is 1.76 bits per heavy atom.